The minimum Gasteiger partial charge on any atom is -0.376 e. The maximum absolute atomic E-state index is 12.7. The molecule has 3 aromatic heterocycles. The molecule has 8 nitrogen and oxygen atoms in total. The van der Waals surface area contributed by atoms with Crippen LogP contribution in [0.2, 0.25) is 0 Å². The summed E-state index contributed by atoms with van der Waals surface area (Å²) in [7, 11) is 1.75. The number of fused-ring (bicyclic) bond motifs is 2. The highest BCUT2D eigenvalue weighted by Gasteiger charge is 2.35. The lowest BCUT2D eigenvalue weighted by atomic mass is 10.0. The second kappa shape index (κ2) is 7.95. The predicted octanol–water partition coefficient (Wildman–Crippen LogP) is 3.56. The number of aromatic amines is 1. The van der Waals surface area contributed by atoms with Crippen molar-refractivity contribution in [3.8, 4) is 11.1 Å². The van der Waals surface area contributed by atoms with E-state index in [4.69, 9.17) is 4.74 Å². The van der Waals surface area contributed by atoms with E-state index < -0.39 is 0 Å². The first-order valence-corrected chi connectivity index (χ1v) is 11.5. The van der Waals surface area contributed by atoms with Gasteiger partial charge in [-0.1, -0.05) is 18.2 Å². The van der Waals surface area contributed by atoms with Crippen molar-refractivity contribution in [1.82, 2.24) is 24.4 Å². The van der Waals surface area contributed by atoms with Gasteiger partial charge in [0.25, 0.3) is 11.5 Å². The minimum atomic E-state index is -0.147. The maximum Gasteiger partial charge on any atom is 0.258 e. The molecule has 0 spiro atoms. The van der Waals surface area contributed by atoms with E-state index >= 15 is 0 Å². The number of carbonyl (C=O) groups excluding carboxylic acids is 1. The number of hydrogen-bond donors (Lipinski definition) is 2. The maximum atomic E-state index is 12.7. The van der Waals surface area contributed by atoms with E-state index in [1.165, 1.54) is 0 Å². The normalized spacial score (nSPS) is 14.8. The Hall–Kier alpha value is -4.17. The van der Waals surface area contributed by atoms with E-state index in [0.717, 1.165) is 27.5 Å². The Morgan fingerprint density at radius 2 is 1.91 bits per heavy atom. The van der Waals surface area contributed by atoms with Crippen molar-refractivity contribution < 1.29 is 9.53 Å². The average Bonchev–Trinajstić information content (AvgIpc) is 3.50. The van der Waals surface area contributed by atoms with Gasteiger partial charge in [0.2, 0.25) is 0 Å². The zero-order valence-corrected chi connectivity index (χ0v) is 19.5. The predicted molar refractivity (Wildman–Crippen MR) is 134 cm³/mol. The van der Waals surface area contributed by atoms with Gasteiger partial charge in [0.1, 0.15) is 5.82 Å². The lowest BCUT2D eigenvalue weighted by Gasteiger charge is -2.39. The fourth-order valence-corrected chi connectivity index (χ4v) is 4.52. The third-order valence-corrected chi connectivity index (χ3v) is 6.77. The highest BCUT2D eigenvalue weighted by Crippen LogP contribution is 2.27. The van der Waals surface area contributed by atoms with Crippen molar-refractivity contribution in [2.24, 2.45) is 7.05 Å². The Kier molecular flexibility index (Phi) is 4.86. The van der Waals surface area contributed by atoms with Gasteiger partial charge in [-0.25, -0.2) is 4.98 Å². The fourth-order valence-electron chi connectivity index (χ4n) is 4.52. The molecule has 0 unspecified atom stereocenters. The van der Waals surface area contributed by atoms with E-state index in [9.17, 15) is 9.59 Å². The number of rotatable bonds is 5. The van der Waals surface area contributed by atoms with Gasteiger partial charge in [0.05, 0.1) is 41.9 Å². The number of amides is 1. The van der Waals surface area contributed by atoms with Crippen LogP contribution in [0, 0.1) is 0 Å². The number of pyridine rings is 1. The van der Waals surface area contributed by atoms with Gasteiger partial charge in [0, 0.05) is 31.0 Å². The molecule has 1 fully saturated rings. The summed E-state index contributed by atoms with van der Waals surface area (Å²) >= 11 is 0. The lowest BCUT2D eigenvalue weighted by molar-refractivity contribution is -0.0895. The van der Waals surface area contributed by atoms with Crippen molar-refractivity contribution in [3.05, 3.63) is 88.9 Å². The molecule has 6 rings (SSSR count). The summed E-state index contributed by atoms with van der Waals surface area (Å²) in [6.07, 6.45) is 5.56. The molecule has 1 saturated heterocycles. The highest BCUT2D eigenvalue weighted by atomic mass is 16.5. The third-order valence-electron chi connectivity index (χ3n) is 6.77. The van der Waals surface area contributed by atoms with Crippen molar-refractivity contribution in [2.45, 2.75) is 19.0 Å². The minimum absolute atomic E-state index is 0.0181. The molecule has 4 heterocycles. The summed E-state index contributed by atoms with van der Waals surface area (Å²) in [5.74, 6) is 0.531. The van der Waals surface area contributed by atoms with Crippen LogP contribution in [-0.2, 0) is 23.9 Å². The number of aryl methyl sites for hydroxylation is 1. The van der Waals surface area contributed by atoms with Gasteiger partial charge in [0.15, 0.2) is 0 Å². The molecule has 0 saturated carbocycles. The number of H-pyrrole nitrogens is 1. The number of aromatic nitrogens is 4. The summed E-state index contributed by atoms with van der Waals surface area (Å²) < 4.78 is 8.94. The summed E-state index contributed by atoms with van der Waals surface area (Å²) in [6, 6.07) is 15.6. The first-order chi connectivity index (χ1) is 16.9. The summed E-state index contributed by atoms with van der Waals surface area (Å²) in [6.45, 7) is 3.71. The van der Waals surface area contributed by atoms with Gasteiger partial charge in [-0.2, -0.15) is 0 Å². The quantitative estimate of drug-likeness (QED) is 0.413. The van der Waals surface area contributed by atoms with Crippen LogP contribution in [0.1, 0.15) is 23.1 Å². The molecule has 1 aliphatic heterocycles. The number of hydrogen-bond acceptors (Lipinski definition) is 4. The molecular formula is C27H25N5O3. The van der Waals surface area contributed by atoms with Gasteiger partial charge < -0.3 is 24.2 Å². The summed E-state index contributed by atoms with van der Waals surface area (Å²) in [5, 5.41) is 4.55. The molecule has 0 atom stereocenters. The molecular weight excluding hydrogens is 442 g/mol. The molecule has 176 valence electrons. The van der Waals surface area contributed by atoms with Gasteiger partial charge >= 0.3 is 0 Å². The van der Waals surface area contributed by atoms with Gasteiger partial charge in [-0.3, -0.25) is 9.59 Å². The number of ether oxygens (including phenoxy) is 1. The first kappa shape index (κ1) is 21.4. The van der Waals surface area contributed by atoms with Crippen molar-refractivity contribution >= 4 is 27.7 Å². The van der Waals surface area contributed by atoms with Gasteiger partial charge in [-0.05, 0) is 53.8 Å². The molecule has 0 bridgehead atoms. The molecule has 1 amide bonds. The Balaban J connectivity index is 1.21. The van der Waals surface area contributed by atoms with Crippen LogP contribution in [0.5, 0.6) is 0 Å². The van der Waals surface area contributed by atoms with Crippen molar-refractivity contribution in [1.29, 1.82) is 0 Å². The van der Waals surface area contributed by atoms with E-state index in [1.54, 1.807) is 17.8 Å². The number of benzene rings is 2. The molecule has 8 heteroatoms. The largest absolute Gasteiger partial charge is 0.376 e. The standard InChI is InChI=1S/C27H25N5O3/c1-27(15-35-16-27)32-10-8-20(14-32)25(33)28-13-24-29-22-6-5-19(12-23(22)30-24)18-4-3-17-7-9-31(2)26(34)21(17)11-18/h3-12,14H,13,15-16H2,1-2H3,(H,28,33)(H,29,30). The Labute approximate surface area is 201 Å². The van der Waals surface area contributed by atoms with Crippen LogP contribution in [0.3, 0.4) is 0 Å². The van der Waals surface area contributed by atoms with E-state index in [-0.39, 0.29) is 17.0 Å². The summed E-state index contributed by atoms with van der Waals surface area (Å²) in [4.78, 5) is 33.1. The molecule has 1 aliphatic rings. The zero-order chi connectivity index (χ0) is 24.2. The molecule has 2 aromatic carbocycles. The van der Waals surface area contributed by atoms with Crippen LogP contribution >= 0.6 is 0 Å². The SMILES string of the molecule is Cn1ccc2ccc(-c3ccc4nc(CNC(=O)c5ccn(C6(C)COC6)c5)[nH]c4c3)cc2c1=O. The van der Waals surface area contributed by atoms with Gasteiger partial charge in [-0.15, -0.1) is 0 Å². The van der Waals surface area contributed by atoms with Crippen LogP contribution in [0.15, 0.2) is 71.9 Å². The number of imidazole rings is 1. The third kappa shape index (κ3) is 3.72. The molecule has 0 radical (unpaired) electrons. The number of nitrogens with one attached hydrogen (secondary N) is 2. The van der Waals surface area contributed by atoms with Crippen LogP contribution in [0.4, 0.5) is 0 Å². The monoisotopic (exact) mass is 467 g/mol. The second-order valence-corrected chi connectivity index (χ2v) is 9.43. The van der Waals surface area contributed by atoms with Crippen molar-refractivity contribution in [3.63, 3.8) is 0 Å². The van der Waals surface area contributed by atoms with E-state index in [1.807, 2.05) is 65.5 Å². The van der Waals surface area contributed by atoms with E-state index in [0.29, 0.717) is 36.5 Å². The fraction of sp³-hybridized carbons (Fsp3) is 0.222. The number of nitrogens with zero attached hydrogens (tertiary/aromatic N) is 3. The molecule has 5 aromatic rings. The topological polar surface area (TPSA) is 93.9 Å². The number of carbonyl (C=O) groups is 1. The van der Waals surface area contributed by atoms with Crippen molar-refractivity contribution in [2.75, 3.05) is 13.2 Å². The van der Waals surface area contributed by atoms with Crippen LogP contribution in [-0.4, -0.2) is 38.2 Å². The molecule has 2 N–H and O–H groups in total. The Morgan fingerprint density at radius 1 is 1.11 bits per heavy atom. The lowest BCUT2D eigenvalue weighted by Crippen LogP contribution is -2.48. The highest BCUT2D eigenvalue weighted by molar-refractivity contribution is 5.94. The molecule has 35 heavy (non-hydrogen) atoms. The van der Waals surface area contributed by atoms with Crippen LogP contribution < -0.4 is 10.9 Å². The van der Waals surface area contributed by atoms with Crippen LogP contribution in [0.25, 0.3) is 32.9 Å². The first-order valence-electron chi connectivity index (χ1n) is 11.5. The Bertz CT molecular complexity index is 1650. The summed E-state index contributed by atoms with van der Waals surface area (Å²) in [5.41, 5.74) is 4.15. The average molecular weight is 468 g/mol. The molecule has 0 aliphatic carbocycles. The zero-order valence-electron chi connectivity index (χ0n) is 19.5. The smallest absolute Gasteiger partial charge is 0.258 e. The second-order valence-electron chi connectivity index (χ2n) is 9.43. The van der Waals surface area contributed by atoms with E-state index in [2.05, 4.69) is 22.2 Å². The Morgan fingerprint density at radius 3 is 2.71 bits per heavy atom.